The minimum absolute atomic E-state index is 0.0806. The molecule has 6 atom stereocenters. The lowest BCUT2D eigenvalue weighted by Gasteiger charge is -2.47. The van der Waals surface area contributed by atoms with Gasteiger partial charge in [0.15, 0.2) is 6.29 Å². The molecule has 0 radical (unpaired) electrons. The smallest absolute Gasteiger partial charge is 0.155 e. The van der Waals surface area contributed by atoms with Crippen LogP contribution in [0.15, 0.2) is 0 Å². The average Bonchev–Trinajstić information content (AvgIpc) is 2.16. The molecule has 14 heavy (non-hydrogen) atoms. The van der Waals surface area contributed by atoms with Crippen molar-refractivity contribution in [3.8, 4) is 0 Å². The van der Waals surface area contributed by atoms with Crippen LogP contribution < -0.4 is 0 Å². The molecule has 0 N–H and O–H groups in total. The Bertz CT molecular complexity index is 205. The van der Waals surface area contributed by atoms with Crippen LogP contribution in [-0.4, -0.2) is 31.2 Å². The highest BCUT2D eigenvalue weighted by Crippen LogP contribution is 2.35. The van der Waals surface area contributed by atoms with Gasteiger partial charge in [0.25, 0.3) is 0 Å². The molecular weight excluding hydrogens is 180 g/mol. The highest BCUT2D eigenvalue weighted by molar-refractivity contribution is 4.89. The van der Waals surface area contributed by atoms with Gasteiger partial charge in [-0.2, -0.15) is 0 Å². The summed E-state index contributed by atoms with van der Waals surface area (Å²) in [6, 6.07) is 0. The molecule has 0 spiro atoms. The Morgan fingerprint density at radius 3 is 2.36 bits per heavy atom. The normalized spacial score (nSPS) is 54.0. The highest BCUT2D eigenvalue weighted by atomic mass is 16.7. The van der Waals surface area contributed by atoms with Crippen LogP contribution in [-0.2, 0) is 14.2 Å². The summed E-state index contributed by atoms with van der Waals surface area (Å²) in [4.78, 5) is 0. The van der Waals surface area contributed by atoms with Crippen LogP contribution in [0.25, 0.3) is 0 Å². The third-order valence-electron chi connectivity index (χ3n) is 3.69. The number of rotatable bonds is 0. The van der Waals surface area contributed by atoms with Crippen LogP contribution in [0.4, 0.5) is 0 Å². The number of hydrogen-bond acceptors (Lipinski definition) is 3. The molecule has 2 rings (SSSR count). The van der Waals surface area contributed by atoms with E-state index in [1.807, 2.05) is 6.92 Å². The van der Waals surface area contributed by atoms with Crippen LogP contribution in [0.1, 0.15) is 27.7 Å². The van der Waals surface area contributed by atoms with Crippen molar-refractivity contribution in [1.82, 2.24) is 0 Å². The fraction of sp³-hybridized carbons (Fsp3) is 1.00. The first-order valence-electron chi connectivity index (χ1n) is 5.52. The third kappa shape index (κ3) is 1.69. The molecule has 0 aromatic heterocycles. The lowest BCUT2D eigenvalue weighted by Crippen LogP contribution is -2.55. The van der Waals surface area contributed by atoms with Crippen molar-refractivity contribution in [3.63, 3.8) is 0 Å². The van der Waals surface area contributed by atoms with Gasteiger partial charge in [0.2, 0.25) is 0 Å². The maximum Gasteiger partial charge on any atom is 0.155 e. The van der Waals surface area contributed by atoms with Gasteiger partial charge in [-0.1, -0.05) is 13.8 Å². The first-order chi connectivity index (χ1) is 6.59. The Hall–Kier alpha value is -0.120. The molecule has 2 fully saturated rings. The van der Waals surface area contributed by atoms with Gasteiger partial charge in [0.1, 0.15) is 6.10 Å². The Morgan fingerprint density at radius 1 is 0.929 bits per heavy atom. The molecule has 2 saturated heterocycles. The second-order valence-electron chi connectivity index (χ2n) is 4.60. The van der Waals surface area contributed by atoms with E-state index in [1.54, 1.807) is 0 Å². The zero-order chi connectivity index (χ0) is 10.3. The van der Waals surface area contributed by atoms with E-state index in [2.05, 4.69) is 20.8 Å². The summed E-state index contributed by atoms with van der Waals surface area (Å²) in [6.07, 6.45) is 0.576. The molecule has 2 heterocycles. The lowest BCUT2D eigenvalue weighted by molar-refractivity contribution is -0.298. The number of ether oxygens (including phenoxy) is 3. The summed E-state index contributed by atoms with van der Waals surface area (Å²) in [5.41, 5.74) is 0. The molecule has 2 aliphatic rings. The van der Waals surface area contributed by atoms with Gasteiger partial charge in [0.05, 0.1) is 18.8 Å². The fourth-order valence-electron chi connectivity index (χ4n) is 2.38. The molecule has 0 amide bonds. The second-order valence-corrected chi connectivity index (χ2v) is 4.60. The third-order valence-corrected chi connectivity index (χ3v) is 3.69. The maximum absolute atomic E-state index is 5.87. The van der Waals surface area contributed by atoms with E-state index >= 15 is 0 Å². The largest absolute Gasteiger partial charge is 0.370 e. The van der Waals surface area contributed by atoms with Gasteiger partial charge in [-0.3, -0.25) is 0 Å². The van der Waals surface area contributed by atoms with Gasteiger partial charge < -0.3 is 14.2 Å². The predicted molar refractivity (Wildman–Crippen MR) is 53.0 cm³/mol. The molecule has 0 aromatic carbocycles. The monoisotopic (exact) mass is 200 g/mol. The van der Waals surface area contributed by atoms with Crippen molar-refractivity contribution in [2.24, 2.45) is 11.8 Å². The molecule has 0 bridgehead atoms. The van der Waals surface area contributed by atoms with Gasteiger partial charge in [-0.05, 0) is 25.7 Å². The van der Waals surface area contributed by atoms with Crippen LogP contribution >= 0.6 is 0 Å². The summed E-state index contributed by atoms with van der Waals surface area (Å²) in [6.45, 7) is 9.24. The molecule has 0 aliphatic carbocycles. The van der Waals surface area contributed by atoms with E-state index in [0.717, 1.165) is 0 Å². The first kappa shape index (κ1) is 10.4. The molecule has 3 nitrogen and oxygen atoms in total. The molecule has 0 aromatic rings. The van der Waals surface area contributed by atoms with E-state index in [-0.39, 0.29) is 18.5 Å². The van der Waals surface area contributed by atoms with E-state index in [0.29, 0.717) is 24.5 Å². The summed E-state index contributed by atoms with van der Waals surface area (Å²) in [7, 11) is 0. The van der Waals surface area contributed by atoms with Crippen LogP contribution in [0.5, 0.6) is 0 Å². The number of hydrogen-bond donors (Lipinski definition) is 0. The summed E-state index contributed by atoms with van der Waals surface area (Å²) in [5.74, 6) is 1.11. The van der Waals surface area contributed by atoms with Crippen molar-refractivity contribution in [2.45, 2.75) is 52.3 Å². The lowest BCUT2D eigenvalue weighted by atomic mass is 9.81. The SMILES string of the molecule is CC1OCC2O[C@H](C)C(C)[C@@H](C)[C@@H]2O1. The van der Waals surface area contributed by atoms with Crippen molar-refractivity contribution in [1.29, 1.82) is 0 Å². The van der Waals surface area contributed by atoms with Crippen LogP contribution in [0, 0.1) is 11.8 Å². The summed E-state index contributed by atoms with van der Waals surface area (Å²) < 4.78 is 17.1. The molecule has 82 valence electrons. The zero-order valence-electron chi connectivity index (χ0n) is 9.40. The Balaban J connectivity index is 2.08. The van der Waals surface area contributed by atoms with Gasteiger partial charge >= 0.3 is 0 Å². The molecular formula is C11H20O3. The highest BCUT2D eigenvalue weighted by Gasteiger charge is 2.43. The summed E-state index contributed by atoms with van der Waals surface area (Å²) in [5, 5.41) is 0. The maximum atomic E-state index is 5.87. The van der Waals surface area contributed by atoms with Crippen molar-refractivity contribution in [3.05, 3.63) is 0 Å². The van der Waals surface area contributed by atoms with E-state index in [9.17, 15) is 0 Å². The van der Waals surface area contributed by atoms with Crippen molar-refractivity contribution in [2.75, 3.05) is 6.61 Å². The standard InChI is InChI=1S/C11H20O3/c1-6-7(2)11-10(13-8(6)3)5-12-9(4)14-11/h6-11H,5H2,1-4H3/t6?,7-,8-,9?,10?,11+/m1/s1. The second kappa shape index (κ2) is 3.80. The Morgan fingerprint density at radius 2 is 1.64 bits per heavy atom. The topological polar surface area (TPSA) is 27.7 Å². The summed E-state index contributed by atoms with van der Waals surface area (Å²) >= 11 is 0. The Labute approximate surface area is 85.7 Å². The first-order valence-corrected chi connectivity index (χ1v) is 5.52. The minimum atomic E-state index is -0.0806. The average molecular weight is 200 g/mol. The van der Waals surface area contributed by atoms with Crippen molar-refractivity contribution < 1.29 is 14.2 Å². The van der Waals surface area contributed by atoms with Crippen molar-refractivity contribution >= 4 is 0 Å². The van der Waals surface area contributed by atoms with Gasteiger partial charge in [0, 0.05) is 0 Å². The molecule has 3 heteroatoms. The zero-order valence-corrected chi connectivity index (χ0v) is 9.40. The van der Waals surface area contributed by atoms with Gasteiger partial charge in [-0.15, -0.1) is 0 Å². The minimum Gasteiger partial charge on any atom is -0.370 e. The van der Waals surface area contributed by atoms with E-state index in [4.69, 9.17) is 14.2 Å². The molecule has 2 aliphatic heterocycles. The van der Waals surface area contributed by atoms with E-state index < -0.39 is 0 Å². The van der Waals surface area contributed by atoms with Gasteiger partial charge in [-0.25, -0.2) is 0 Å². The Kier molecular flexibility index (Phi) is 2.82. The fourth-order valence-corrected chi connectivity index (χ4v) is 2.38. The quantitative estimate of drug-likeness (QED) is 0.597. The van der Waals surface area contributed by atoms with Crippen LogP contribution in [0.3, 0.4) is 0 Å². The molecule has 0 saturated carbocycles. The molecule has 3 unspecified atom stereocenters. The van der Waals surface area contributed by atoms with Crippen LogP contribution in [0.2, 0.25) is 0 Å². The predicted octanol–water partition coefficient (Wildman–Crippen LogP) is 1.81. The van der Waals surface area contributed by atoms with E-state index in [1.165, 1.54) is 0 Å². The number of fused-ring (bicyclic) bond motifs is 1.